The van der Waals surface area contributed by atoms with E-state index in [1.54, 1.807) is 0 Å². The van der Waals surface area contributed by atoms with E-state index < -0.39 is 0 Å². The molecule has 0 aliphatic carbocycles. The van der Waals surface area contributed by atoms with Gasteiger partial charge in [0.05, 0.1) is 12.7 Å². The first-order valence-electron chi connectivity index (χ1n) is 13.4. The van der Waals surface area contributed by atoms with E-state index in [0.29, 0.717) is 12.5 Å². The van der Waals surface area contributed by atoms with E-state index in [1.165, 1.54) is 11.1 Å². The van der Waals surface area contributed by atoms with Gasteiger partial charge < -0.3 is 15.2 Å². The molecule has 4 nitrogen and oxygen atoms in total. The predicted molar refractivity (Wildman–Crippen MR) is 155 cm³/mol. The molecule has 3 atom stereocenters. The van der Waals surface area contributed by atoms with Crippen molar-refractivity contribution in [3.05, 3.63) is 88.5 Å². The highest BCUT2D eigenvalue weighted by atomic mass is 16.5. The van der Waals surface area contributed by atoms with Crippen molar-refractivity contribution >= 4 is 11.9 Å². The largest absolute Gasteiger partial charge is 0.392 e. The Morgan fingerprint density at radius 2 is 1.92 bits per heavy atom. The minimum atomic E-state index is -0.0532. The van der Waals surface area contributed by atoms with Crippen LogP contribution in [0.2, 0.25) is 0 Å². The van der Waals surface area contributed by atoms with Gasteiger partial charge in [-0.05, 0) is 61.4 Å². The van der Waals surface area contributed by atoms with E-state index in [9.17, 15) is 5.11 Å². The van der Waals surface area contributed by atoms with Crippen LogP contribution in [0.15, 0.2) is 65.7 Å². The number of hydrogen-bond acceptors (Lipinski definition) is 4. The molecule has 2 rings (SSSR count). The zero-order valence-corrected chi connectivity index (χ0v) is 23.2. The van der Waals surface area contributed by atoms with E-state index >= 15 is 0 Å². The van der Waals surface area contributed by atoms with E-state index in [1.807, 2.05) is 13.1 Å². The second kappa shape index (κ2) is 15.4. The Morgan fingerprint density at radius 3 is 2.56 bits per heavy atom. The molecule has 4 heteroatoms. The number of nitrogens with one attached hydrogen (secondary N) is 1. The molecule has 0 spiro atoms. The standard InChI is InChI=1S/C32H46N2O2/c1-8-23(4)22-36-26(7)31-15-14-29(30(20-33-10-3)17-27(9-2)21-35)18-32(31)25(6)34-19-28-13-11-12-24(5)16-28/h11-18,20,23,26,30,34-35H,6,8-10,19,21-22H2,1-5,7H3/b27-17+,33-20?. The first kappa shape index (κ1) is 29.5. The zero-order chi connectivity index (χ0) is 26.5. The number of ether oxygens (including phenoxy) is 1. The zero-order valence-electron chi connectivity index (χ0n) is 23.2. The number of aliphatic hydroxyl groups is 1. The SMILES string of the molecule is C=C(NCc1cccc(C)c1)c1cc(C(C=NCC)/C=C(\CC)CO)ccc1C(C)OCC(C)CC. The van der Waals surface area contributed by atoms with Gasteiger partial charge >= 0.3 is 0 Å². The average Bonchev–Trinajstić information content (AvgIpc) is 2.90. The molecule has 0 fully saturated rings. The maximum absolute atomic E-state index is 9.78. The van der Waals surface area contributed by atoms with Gasteiger partial charge in [0.1, 0.15) is 0 Å². The van der Waals surface area contributed by atoms with Crippen LogP contribution in [0, 0.1) is 12.8 Å². The van der Waals surface area contributed by atoms with Crippen LogP contribution < -0.4 is 5.32 Å². The molecule has 196 valence electrons. The summed E-state index contributed by atoms with van der Waals surface area (Å²) in [5, 5.41) is 13.3. The van der Waals surface area contributed by atoms with Gasteiger partial charge in [0, 0.05) is 43.1 Å². The van der Waals surface area contributed by atoms with Gasteiger partial charge in [-0.1, -0.05) is 81.8 Å². The van der Waals surface area contributed by atoms with Gasteiger partial charge in [0.25, 0.3) is 0 Å². The highest BCUT2D eigenvalue weighted by Crippen LogP contribution is 2.30. The van der Waals surface area contributed by atoms with Gasteiger partial charge in [0.15, 0.2) is 0 Å². The Morgan fingerprint density at radius 1 is 1.14 bits per heavy atom. The smallest absolute Gasteiger partial charge is 0.0803 e. The summed E-state index contributed by atoms with van der Waals surface area (Å²) in [5.41, 5.74) is 7.66. The van der Waals surface area contributed by atoms with Crippen molar-refractivity contribution in [3.8, 4) is 0 Å². The molecule has 3 unspecified atom stereocenters. The molecule has 0 heterocycles. The van der Waals surface area contributed by atoms with Gasteiger partial charge in [-0.15, -0.1) is 0 Å². The summed E-state index contributed by atoms with van der Waals surface area (Å²) < 4.78 is 6.27. The fourth-order valence-electron chi connectivity index (χ4n) is 4.02. The molecule has 0 bridgehead atoms. The average molecular weight is 491 g/mol. The maximum Gasteiger partial charge on any atom is 0.0803 e. The Balaban J connectivity index is 2.44. The highest BCUT2D eigenvalue weighted by Gasteiger charge is 2.18. The van der Waals surface area contributed by atoms with Crippen LogP contribution >= 0.6 is 0 Å². The van der Waals surface area contributed by atoms with Crippen molar-refractivity contribution in [1.29, 1.82) is 0 Å². The molecule has 0 aromatic heterocycles. The molecule has 36 heavy (non-hydrogen) atoms. The van der Waals surface area contributed by atoms with Crippen LogP contribution in [0.1, 0.15) is 87.3 Å². The van der Waals surface area contributed by atoms with Crippen LogP contribution in [0.4, 0.5) is 0 Å². The van der Waals surface area contributed by atoms with Crippen LogP contribution in [-0.2, 0) is 11.3 Å². The number of aliphatic hydroxyl groups excluding tert-OH is 1. The van der Waals surface area contributed by atoms with E-state index in [4.69, 9.17) is 4.74 Å². The van der Waals surface area contributed by atoms with Crippen LogP contribution in [0.3, 0.4) is 0 Å². The van der Waals surface area contributed by atoms with E-state index in [0.717, 1.165) is 54.0 Å². The molecular formula is C32H46N2O2. The third-order valence-corrected chi connectivity index (χ3v) is 6.66. The molecule has 0 aliphatic rings. The lowest BCUT2D eigenvalue weighted by molar-refractivity contribution is 0.0423. The number of aliphatic imine (C=N–C) groups is 1. The molecule has 0 saturated heterocycles. The second-order valence-electron chi connectivity index (χ2n) is 9.67. The number of nitrogens with zero attached hydrogens (tertiary/aromatic N) is 1. The fraction of sp³-hybridized carbons (Fsp3) is 0.469. The minimum Gasteiger partial charge on any atom is -0.392 e. The minimum absolute atomic E-state index is 0.0132. The molecule has 2 aromatic rings. The second-order valence-corrected chi connectivity index (χ2v) is 9.67. The Bertz CT molecular complexity index is 1020. The van der Waals surface area contributed by atoms with E-state index in [-0.39, 0.29) is 18.6 Å². The summed E-state index contributed by atoms with van der Waals surface area (Å²) in [4.78, 5) is 4.53. The lowest BCUT2D eigenvalue weighted by Gasteiger charge is -2.23. The van der Waals surface area contributed by atoms with E-state index in [2.05, 4.69) is 100 Å². The third-order valence-electron chi connectivity index (χ3n) is 6.66. The van der Waals surface area contributed by atoms with Crippen LogP contribution in [-0.4, -0.2) is 31.1 Å². The monoisotopic (exact) mass is 490 g/mol. The van der Waals surface area contributed by atoms with Gasteiger partial charge in [-0.25, -0.2) is 0 Å². The Labute approximate surface area is 219 Å². The lowest BCUT2D eigenvalue weighted by atomic mass is 9.91. The first-order valence-corrected chi connectivity index (χ1v) is 13.4. The lowest BCUT2D eigenvalue weighted by Crippen LogP contribution is -2.16. The van der Waals surface area contributed by atoms with Crippen molar-refractivity contribution in [3.63, 3.8) is 0 Å². The van der Waals surface area contributed by atoms with Crippen molar-refractivity contribution in [2.24, 2.45) is 10.9 Å². The quantitative estimate of drug-likeness (QED) is 0.202. The van der Waals surface area contributed by atoms with Crippen LogP contribution in [0.25, 0.3) is 5.70 Å². The Kier molecular flexibility index (Phi) is 12.7. The number of allylic oxidation sites excluding steroid dienone is 1. The summed E-state index contributed by atoms with van der Waals surface area (Å²) in [6, 6.07) is 15.0. The number of rotatable bonds is 15. The number of aryl methyl sites for hydroxylation is 1. The number of benzene rings is 2. The van der Waals surface area contributed by atoms with Crippen molar-refractivity contribution in [1.82, 2.24) is 5.32 Å². The molecule has 0 saturated carbocycles. The molecule has 2 aromatic carbocycles. The third kappa shape index (κ3) is 9.07. The molecular weight excluding hydrogens is 444 g/mol. The number of hydrogen-bond donors (Lipinski definition) is 2. The van der Waals surface area contributed by atoms with Gasteiger partial charge in [0.2, 0.25) is 0 Å². The summed E-state index contributed by atoms with van der Waals surface area (Å²) in [6.45, 7) is 19.4. The Hall–Kier alpha value is -2.69. The topological polar surface area (TPSA) is 53.9 Å². The summed E-state index contributed by atoms with van der Waals surface area (Å²) in [6.07, 6.45) is 5.96. The van der Waals surface area contributed by atoms with Gasteiger partial charge in [-0.3, -0.25) is 4.99 Å². The normalized spacial score (nSPS) is 14.6. The summed E-state index contributed by atoms with van der Waals surface area (Å²) in [7, 11) is 0. The molecule has 0 radical (unpaired) electrons. The predicted octanol–water partition coefficient (Wildman–Crippen LogP) is 7.38. The van der Waals surface area contributed by atoms with Gasteiger partial charge in [-0.2, -0.15) is 0 Å². The summed E-state index contributed by atoms with van der Waals surface area (Å²) in [5.74, 6) is 0.504. The van der Waals surface area contributed by atoms with Crippen LogP contribution in [0.5, 0.6) is 0 Å². The first-order chi connectivity index (χ1) is 17.3. The molecule has 0 amide bonds. The molecule has 0 aliphatic heterocycles. The van der Waals surface area contributed by atoms with Crippen molar-refractivity contribution in [2.45, 2.75) is 73.0 Å². The maximum atomic E-state index is 9.78. The molecule has 2 N–H and O–H groups in total. The fourth-order valence-corrected chi connectivity index (χ4v) is 4.02. The highest BCUT2D eigenvalue weighted by molar-refractivity contribution is 5.73. The van der Waals surface area contributed by atoms with Crippen molar-refractivity contribution < 1.29 is 9.84 Å². The van der Waals surface area contributed by atoms with Crippen molar-refractivity contribution in [2.75, 3.05) is 19.8 Å². The summed E-state index contributed by atoms with van der Waals surface area (Å²) >= 11 is 0.